The monoisotopic (exact) mass is 279 g/mol. The summed E-state index contributed by atoms with van der Waals surface area (Å²) in [7, 11) is 0. The predicted molar refractivity (Wildman–Crippen MR) is 76.2 cm³/mol. The maximum absolute atomic E-state index is 12.5. The molecule has 1 N–H and O–H groups in total. The molecule has 3 rings (SSSR count). The first-order valence-corrected chi connectivity index (χ1v) is 8.04. The highest BCUT2D eigenvalue weighted by Gasteiger charge is 2.35. The molecule has 5 heteroatoms. The van der Waals surface area contributed by atoms with Gasteiger partial charge in [0.25, 0.3) is 0 Å². The first-order chi connectivity index (χ1) is 9.74. The van der Waals surface area contributed by atoms with E-state index in [0.717, 1.165) is 38.9 Å². The number of carbonyl (C=O) groups is 2. The lowest BCUT2D eigenvalue weighted by molar-refractivity contribution is -0.139. The fraction of sp³-hybridized carbons (Fsp3) is 0.867. The Kier molecular flexibility index (Phi) is 4.24. The second kappa shape index (κ2) is 6.12. The van der Waals surface area contributed by atoms with Gasteiger partial charge in [0.15, 0.2) is 0 Å². The van der Waals surface area contributed by atoms with E-state index in [2.05, 4.69) is 5.32 Å². The number of carbonyl (C=O) groups excluding carboxylic acids is 2. The summed E-state index contributed by atoms with van der Waals surface area (Å²) in [5.41, 5.74) is 0. The molecular formula is C15H25N3O2. The molecule has 1 unspecified atom stereocenters. The van der Waals surface area contributed by atoms with E-state index in [0.29, 0.717) is 25.0 Å². The molecule has 1 aliphatic carbocycles. The molecule has 3 fully saturated rings. The van der Waals surface area contributed by atoms with E-state index in [1.807, 2.05) is 4.90 Å². The van der Waals surface area contributed by atoms with Crippen LogP contribution in [0, 0.1) is 0 Å². The Morgan fingerprint density at radius 2 is 2.10 bits per heavy atom. The van der Waals surface area contributed by atoms with Crippen LogP contribution in [0.3, 0.4) is 0 Å². The minimum Gasteiger partial charge on any atom is -0.337 e. The summed E-state index contributed by atoms with van der Waals surface area (Å²) in [5, 5.41) is 3.52. The summed E-state index contributed by atoms with van der Waals surface area (Å²) in [6.45, 7) is 2.94. The van der Waals surface area contributed by atoms with Crippen molar-refractivity contribution in [3.8, 4) is 0 Å². The normalized spacial score (nSPS) is 26.9. The van der Waals surface area contributed by atoms with Gasteiger partial charge in [0, 0.05) is 31.6 Å². The van der Waals surface area contributed by atoms with Crippen LogP contribution in [-0.4, -0.2) is 59.9 Å². The van der Waals surface area contributed by atoms with Crippen molar-refractivity contribution in [2.24, 2.45) is 0 Å². The summed E-state index contributed by atoms with van der Waals surface area (Å²) in [6.07, 6.45) is 7.45. The summed E-state index contributed by atoms with van der Waals surface area (Å²) in [4.78, 5) is 27.9. The average Bonchev–Trinajstić information content (AvgIpc) is 3.22. The lowest BCUT2D eigenvalue weighted by Gasteiger charge is -2.31. The highest BCUT2D eigenvalue weighted by atomic mass is 16.2. The molecule has 2 saturated heterocycles. The second-order valence-corrected chi connectivity index (χ2v) is 6.34. The zero-order chi connectivity index (χ0) is 13.9. The van der Waals surface area contributed by atoms with Crippen molar-refractivity contribution in [1.29, 1.82) is 0 Å². The van der Waals surface area contributed by atoms with Crippen molar-refractivity contribution in [2.45, 2.75) is 57.0 Å². The van der Waals surface area contributed by atoms with Gasteiger partial charge in [-0.3, -0.25) is 9.59 Å². The van der Waals surface area contributed by atoms with Crippen molar-refractivity contribution in [3.63, 3.8) is 0 Å². The lowest BCUT2D eigenvalue weighted by Crippen LogP contribution is -2.49. The number of piperidine rings is 1. The Balaban J connectivity index is 1.55. The van der Waals surface area contributed by atoms with Crippen molar-refractivity contribution in [1.82, 2.24) is 15.1 Å². The standard InChI is InChI=1S/C15H25N3O2/c19-14-5-3-9-17(14)11-15(20)18(13-6-7-13)10-12-4-1-2-8-16-12/h12-13,16H,1-11H2. The van der Waals surface area contributed by atoms with Crippen LogP contribution in [0.2, 0.25) is 0 Å². The maximum atomic E-state index is 12.5. The highest BCUT2D eigenvalue weighted by molar-refractivity contribution is 5.86. The van der Waals surface area contributed by atoms with Crippen LogP contribution in [0.15, 0.2) is 0 Å². The third kappa shape index (κ3) is 3.32. The van der Waals surface area contributed by atoms with E-state index in [4.69, 9.17) is 0 Å². The summed E-state index contributed by atoms with van der Waals surface area (Å²) >= 11 is 0. The van der Waals surface area contributed by atoms with Gasteiger partial charge in [-0.1, -0.05) is 6.42 Å². The molecule has 1 saturated carbocycles. The van der Waals surface area contributed by atoms with Gasteiger partial charge < -0.3 is 15.1 Å². The van der Waals surface area contributed by atoms with Gasteiger partial charge in [-0.25, -0.2) is 0 Å². The Labute approximate surface area is 120 Å². The van der Waals surface area contributed by atoms with Crippen molar-refractivity contribution < 1.29 is 9.59 Å². The lowest BCUT2D eigenvalue weighted by atomic mass is 10.0. The number of rotatable bonds is 5. The number of hydrogen-bond donors (Lipinski definition) is 1. The molecule has 0 aromatic heterocycles. The van der Waals surface area contributed by atoms with Crippen molar-refractivity contribution in [3.05, 3.63) is 0 Å². The molecule has 0 aromatic carbocycles. The van der Waals surface area contributed by atoms with Gasteiger partial charge in [0.2, 0.25) is 11.8 Å². The number of hydrogen-bond acceptors (Lipinski definition) is 3. The molecule has 0 spiro atoms. The topological polar surface area (TPSA) is 52.7 Å². The predicted octanol–water partition coefficient (Wildman–Crippen LogP) is 0.742. The third-order valence-electron chi connectivity index (χ3n) is 4.63. The molecule has 5 nitrogen and oxygen atoms in total. The molecule has 0 bridgehead atoms. The number of amides is 2. The largest absolute Gasteiger partial charge is 0.337 e. The minimum absolute atomic E-state index is 0.143. The molecule has 0 aromatic rings. The summed E-state index contributed by atoms with van der Waals surface area (Å²) in [6, 6.07) is 0.881. The Morgan fingerprint density at radius 3 is 2.70 bits per heavy atom. The smallest absolute Gasteiger partial charge is 0.242 e. The molecule has 2 aliphatic heterocycles. The molecule has 2 heterocycles. The highest BCUT2D eigenvalue weighted by Crippen LogP contribution is 2.28. The first kappa shape index (κ1) is 13.9. The second-order valence-electron chi connectivity index (χ2n) is 6.34. The fourth-order valence-electron chi connectivity index (χ4n) is 3.28. The van der Waals surface area contributed by atoms with Crippen LogP contribution in [0.4, 0.5) is 0 Å². The van der Waals surface area contributed by atoms with Gasteiger partial charge in [0.1, 0.15) is 0 Å². The van der Waals surface area contributed by atoms with Crippen LogP contribution in [0.5, 0.6) is 0 Å². The average molecular weight is 279 g/mol. The van der Waals surface area contributed by atoms with E-state index >= 15 is 0 Å². The van der Waals surface area contributed by atoms with Gasteiger partial charge in [0.05, 0.1) is 6.54 Å². The van der Waals surface area contributed by atoms with E-state index in [9.17, 15) is 9.59 Å². The quantitative estimate of drug-likeness (QED) is 0.807. The van der Waals surface area contributed by atoms with Crippen LogP contribution < -0.4 is 5.32 Å². The molecule has 112 valence electrons. The molecule has 2 amide bonds. The molecule has 0 radical (unpaired) electrons. The summed E-state index contributed by atoms with van der Waals surface area (Å²) in [5.74, 6) is 0.292. The van der Waals surface area contributed by atoms with E-state index in [1.54, 1.807) is 4.90 Å². The van der Waals surface area contributed by atoms with Crippen LogP contribution in [0.1, 0.15) is 44.9 Å². The van der Waals surface area contributed by atoms with E-state index in [1.165, 1.54) is 19.3 Å². The number of nitrogens with zero attached hydrogens (tertiary/aromatic N) is 2. The minimum atomic E-state index is 0.143. The maximum Gasteiger partial charge on any atom is 0.242 e. The number of likely N-dealkylation sites (tertiary alicyclic amines) is 1. The van der Waals surface area contributed by atoms with Gasteiger partial charge >= 0.3 is 0 Å². The molecular weight excluding hydrogens is 254 g/mol. The van der Waals surface area contributed by atoms with Crippen molar-refractivity contribution >= 4 is 11.8 Å². The fourth-order valence-corrected chi connectivity index (χ4v) is 3.28. The van der Waals surface area contributed by atoms with Gasteiger partial charge in [-0.15, -0.1) is 0 Å². The van der Waals surface area contributed by atoms with E-state index in [-0.39, 0.29) is 11.8 Å². The Morgan fingerprint density at radius 1 is 1.25 bits per heavy atom. The van der Waals surface area contributed by atoms with Gasteiger partial charge in [-0.05, 0) is 38.6 Å². The number of nitrogens with one attached hydrogen (secondary N) is 1. The van der Waals surface area contributed by atoms with Gasteiger partial charge in [-0.2, -0.15) is 0 Å². The summed E-state index contributed by atoms with van der Waals surface area (Å²) < 4.78 is 0. The Bertz CT molecular complexity index is 375. The third-order valence-corrected chi connectivity index (χ3v) is 4.63. The molecule has 1 atom stereocenters. The van der Waals surface area contributed by atoms with Crippen LogP contribution >= 0.6 is 0 Å². The Hall–Kier alpha value is -1.10. The van der Waals surface area contributed by atoms with E-state index < -0.39 is 0 Å². The van der Waals surface area contributed by atoms with Crippen LogP contribution in [-0.2, 0) is 9.59 Å². The van der Waals surface area contributed by atoms with Crippen LogP contribution in [0.25, 0.3) is 0 Å². The zero-order valence-corrected chi connectivity index (χ0v) is 12.1. The first-order valence-electron chi connectivity index (χ1n) is 8.04. The zero-order valence-electron chi connectivity index (χ0n) is 12.1. The molecule has 20 heavy (non-hydrogen) atoms. The SMILES string of the molecule is O=C1CCCN1CC(=O)N(CC1CCCCN1)C1CC1. The molecule has 3 aliphatic rings. The van der Waals surface area contributed by atoms with Crippen molar-refractivity contribution in [2.75, 3.05) is 26.2 Å².